The third-order valence-electron chi connectivity index (χ3n) is 6.41. The number of ketones is 1. The lowest BCUT2D eigenvalue weighted by atomic mass is 9.91. The molecule has 0 atom stereocenters. The zero-order chi connectivity index (χ0) is 24.5. The van der Waals surface area contributed by atoms with Crippen LogP contribution in [0.2, 0.25) is 0 Å². The molecule has 3 aromatic rings. The Morgan fingerprint density at radius 2 is 1.86 bits per heavy atom. The van der Waals surface area contributed by atoms with E-state index in [1.54, 1.807) is 4.57 Å². The minimum atomic E-state index is -0.397. The molecule has 180 valence electrons. The number of nitrogens with two attached hydrogens (primary N) is 1. The summed E-state index contributed by atoms with van der Waals surface area (Å²) < 4.78 is 20.6. The van der Waals surface area contributed by atoms with Crippen LogP contribution in [0.25, 0.3) is 17.2 Å². The number of hydrogen-bond donors (Lipinski definition) is 1. The van der Waals surface area contributed by atoms with Gasteiger partial charge in [-0.2, -0.15) is 0 Å². The van der Waals surface area contributed by atoms with Gasteiger partial charge < -0.3 is 15.4 Å². The molecule has 5 rings (SSSR count). The van der Waals surface area contributed by atoms with Gasteiger partial charge in [0.2, 0.25) is 11.7 Å². The molecular formula is C24H24FN7O3. The van der Waals surface area contributed by atoms with Gasteiger partial charge in [-0.05, 0) is 56.0 Å². The number of halogens is 1. The summed E-state index contributed by atoms with van der Waals surface area (Å²) in [5.74, 6) is 0.192. The van der Waals surface area contributed by atoms with E-state index in [0.29, 0.717) is 42.0 Å². The summed E-state index contributed by atoms with van der Waals surface area (Å²) in [7, 11) is 0. The van der Waals surface area contributed by atoms with Crippen LogP contribution in [0.3, 0.4) is 0 Å². The molecule has 3 heterocycles. The lowest BCUT2D eigenvalue weighted by Crippen LogP contribution is -2.49. The van der Waals surface area contributed by atoms with Crippen LogP contribution >= 0.6 is 0 Å². The molecular weight excluding hydrogens is 453 g/mol. The minimum Gasteiger partial charge on any atom is -0.471 e. The molecule has 0 bridgehead atoms. The normalized spacial score (nSPS) is 16.4. The van der Waals surface area contributed by atoms with Crippen LogP contribution in [0.15, 0.2) is 42.2 Å². The number of carbonyl (C=O) groups excluding carboxylic acids is 2. The zero-order valence-electron chi connectivity index (χ0n) is 19.1. The van der Waals surface area contributed by atoms with E-state index in [1.807, 2.05) is 4.90 Å². The molecule has 35 heavy (non-hydrogen) atoms. The van der Waals surface area contributed by atoms with Crippen molar-refractivity contribution in [3.63, 3.8) is 0 Å². The zero-order valence-corrected chi connectivity index (χ0v) is 19.1. The molecule has 2 N–H and O–H groups in total. The predicted octanol–water partition coefficient (Wildman–Crippen LogP) is 2.22. The van der Waals surface area contributed by atoms with Gasteiger partial charge in [0.25, 0.3) is 5.91 Å². The second-order valence-electron chi connectivity index (χ2n) is 8.57. The lowest BCUT2D eigenvalue weighted by Gasteiger charge is -2.39. The number of fused-ring (bicyclic) bond motifs is 1. The first-order chi connectivity index (χ1) is 16.9. The fourth-order valence-corrected chi connectivity index (χ4v) is 4.17. The van der Waals surface area contributed by atoms with Gasteiger partial charge >= 0.3 is 0 Å². The second kappa shape index (κ2) is 9.24. The van der Waals surface area contributed by atoms with Crippen LogP contribution in [0.1, 0.15) is 42.4 Å². The van der Waals surface area contributed by atoms with Crippen LogP contribution in [-0.4, -0.2) is 60.5 Å². The molecule has 1 fully saturated rings. The van der Waals surface area contributed by atoms with Gasteiger partial charge in [-0.25, -0.2) is 14.4 Å². The molecule has 2 aromatic heterocycles. The third-order valence-corrected chi connectivity index (χ3v) is 6.41. The van der Waals surface area contributed by atoms with Gasteiger partial charge in [-0.1, -0.05) is 0 Å². The minimum absolute atomic E-state index is 0.102. The molecule has 1 aliphatic carbocycles. The van der Waals surface area contributed by atoms with Crippen molar-refractivity contribution in [1.82, 2.24) is 29.6 Å². The van der Waals surface area contributed by atoms with Crippen molar-refractivity contribution in [1.29, 1.82) is 0 Å². The summed E-state index contributed by atoms with van der Waals surface area (Å²) >= 11 is 0. The highest BCUT2D eigenvalue weighted by Crippen LogP contribution is 2.29. The van der Waals surface area contributed by atoms with Crippen molar-refractivity contribution in [3.8, 4) is 17.4 Å². The standard InChI is InChI=1S/C24H24FN7O3/c1-14(33)18(21(26)15-5-7-16(25)8-6-15)13-35-20-12-27-19(11-28-20)22-29-30-23-24(34)31(9-10-32(22)23)17-3-2-4-17/h5-8,11-12,17H,2-4,9-10,13,26H2,1H3/b21-18-. The molecule has 0 spiro atoms. The summed E-state index contributed by atoms with van der Waals surface area (Å²) in [6, 6.07) is 5.84. The van der Waals surface area contributed by atoms with Crippen molar-refractivity contribution in [3.05, 3.63) is 59.4 Å². The Hall–Kier alpha value is -4.15. The van der Waals surface area contributed by atoms with Crippen LogP contribution < -0.4 is 10.5 Å². The number of aromatic nitrogens is 5. The first kappa shape index (κ1) is 22.6. The average Bonchev–Trinajstić information content (AvgIpc) is 3.25. The molecule has 2 aliphatic rings. The fraction of sp³-hybridized carbons (Fsp3) is 0.333. The summed E-state index contributed by atoms with van der Waals surface area (Å²) in [4.78, 5) is 35.5. The fourth-order valence-electron chi connectivity index (χ4n) is 4.17. The third kappa shape index (κ3) is 4.36. The number of carbonyl (C=O) groups is 2. The molecule has 1 saturated carbocycles. The molecule has 10 nitrogen and oxygen atoms in total. The Balaban J connectivity index is 1.30. The van der Waals surface area contributed by atoms with E-state index in [9.17, 15) is 14.0 Å². The Labute approximate surface area is 200 Å². The smallest absolute Gasteiger partial charge is 0.292 e. The Bertz CT molecular complexity index is 1300. The molecule has 1 amide bonds. The maximum absolute atomic E-state index is 13.2. The van der Waals surface area contributed by atoms with Crippen molar-refractivity contribution in [2.45, 2.75) is 38.8 Å². The van der Waals surface area contributed by atoms with Gasteiger partial charge in [0.15, 0.2) is 11.6 Å². The number of ether oxygens (including phenoxy) is 1. The number of hydrogen-bond acceptors (Lipinski definition) is 8. The number of Topliss-reactive ketones (excluding diaryl/α,β-unsaturated/α-hetero) is 1. The van der Waals surface area contributed by atoms with E-state index in [2.05, 4.69) is 20.2 Å². The molecule has 11 heteroatoms. The topological polar surface area (TPSA) is 129 Å². The lowest BCUT2D eigenvalue weighted by molar-refractivity contribution is -0.113. The first-order valence-corrected chi connectivity index (χ1v) is 11.4. The van der Waals surface area contributed by atoms with E-state index in [1.165, 1.54) is 43.6 Å². The number of nitrogens with zero attached hydrogens (tertiary/aromatic N) is 6. The van der Waals surface area contributed by atoms with Crippen LogP contribution in [0.5, 0.6) is 5.88 Å². The maximum atomic E-state index is 13.2. The molecule has 1 aliphatic heterocycles. The summed E-state index contributed by atoms with van der Waals surface area (Å²) in [6.45, 7) is 2.46. The second-order valence-corrected chi connectivity index (χ2v) is 8.57. The van der Waals surface area contributed by atoms with Crippen LogP contribution in [0, 0.1) is 5.82 Å². The van der Waals surface area contributed by atoms with E-state index in [0.717, 1.165) is 19.3 Å². The van der Waals surface area contributed by atoms with E-state index in [4.69, 9.17) is 10.5 Å². The highest BCUT2D eigenvalue weighted by atomic mass is 19.1. The average molecular weight is 478 g/mol. The van der Waals surface area contributed by atoms with Gasteiger partial charge in [-0.15, -0.1) is 10.2 Å². The van der Waals surface area contributed by atoms with Crippen molar-refractivity contribution >= 4 is 17.4 Å². The van der Waals surface area contributed by atoms with Gasteiger partial charge in [0.1, 0.15) is 18.1 Å². The molecule has 1 aromatic carbocycles. The Morgan fingerprint density at radius 3 is 2.49 bits per heavy atom. The van der Waals surface area contributed by atoms with Crippen molar-refractivity contribution in [2.24, 2.45) is 5.73 Å². The first-order valence-electron chi connectivity index (χ1n) is 11.4. The largest absolute Gasteiger partial charge is 0.471 e. The molecule has 0 radical (unpaired) electrons. The Kier molecular flexibility index (Phi) is 5.98. The highest BCUT2D eigenvalue weighted by Gasteiger charge is 2.36. The van der Waals surface area contributed by atoms with Crippen molar-refractivity contribution < 1.29 is 18.7 Å². The number of benzene rings is 1. The SMILES string of the molecule is CC(=O)/C(COc1cnc(-c2nnc3n2CCN(C2CCC2)C3=O)cn1)=C(\N)c1ccc(F)cc1. The van der Waals surface area contributed by atoms with Gasteiger partial charge in [-0.3, -0.25) is 14.2 Å². The van der Waals surface area contributed by atoms with E-state index in [-0.39, 0.29) is 35.4 Å². The van der Waals surface area contributed by atoms with Gasteiger partial charge in [0, 0.05) is 24.8 Å². The summed E-state index contributed by atoms with van der Waals surface area (Å²) in [5, 5.41) is 8.27. The number of amides is 1. The quantitative estimate of drug-likeness (QED) is 0.513. The summed E-state index contributed by atoms with van der Waals surface area (Å²) in [6.07, 6.45) is 6.12. The molecule has 0 unspecified atom stereocenters. The Morgan fingerprint density at radius 1 is 1.11 bits per heavy atom. The van der Waals surface area contributed by atoms with E-state index >= 15 is 0 Å². The molecule has 0 saturated heterocycles. The van der Waals surface area contributed by atoms with Crippen LogP contribution in [0.4, 0.5) is 4.39 Å². The highest BCUT2D eigenvalue weighted by molar-refractivity contribution is 6.00. The number of rotatable bonds is 7. The monoisotopic (exact) mass is 477 g/mol. The van der Waals surface area contributed by atoms with E-state index < -0.39 is 5.82 Å². The van der Waals surface area contributed by atoms with Gasteiger partial charge in [0.05, 0.1) is 18.0 Å². The van der Waals surface area contributed by atoms with Crippen molar-refractivity contribution in [2.75, 3.05) is 13.2 Å². The predicted molar refractivity (Wildman–Crippen MR) is 123 cm³/mol. The summed E-state index contributed by atoms with van der Waals surface area (Å²) in [5.41, 5.74) is 7.55. The maximum Gasteiger partial charge on any atom is 0.292 e. The van der Waals surface area contributed by atoms with Crippen LogP contribution in [-0.2, 0) is 11.3 Å².